The fraction of sp³-hybridized carbons (Fsp3) is 0.0833. The van der Waals surface area contributed by atoms with Crippen molar-refractivity contribution in [2.24, 2.45) is 0 Å². The molecule has 0 saturated heterocycles. The molecule has 0 radical (unpaired) electrons. The van der Waals surface area contributed by atoms with Crippen LogP contribution in [-0.4, -0.2) is 27.6 Å². The second-order valence-electron chi connectivity index (χ2n) is 3.40. The SMILES string of the molecule is COC(=O)c1cn(C(=S)SC=O)c2ccccc12. The number of thiocarbonyl (C=S) groups is 1. The van der Waals surface area contributed by atoms with Gasteiger partial charge in [0.05, 0.1) is 18.2 Å². The number of carbonyl (C=O) groups excluding carboxylic acids is 2. The van der Waals surface area contributed by atoms with Crippen LogP contribution in [-0.2, 0) is 9.53 Å². The van der Waals surface area contributed by atoms with E-state index in [-0.39, 0.29) is 0 Å². The molecule has 0 fully saturated rings. The predicted octanol–water partition coefficient (Wildman–Crippen LogP) is 2.48. The molecule has 4 nitrogen and oxygen atoms in total. The van der Waals surface area contributed by atoms with Crippen LogP contribution >= 0.6 is 24.0 Å². The number of para-hydroxylation sites is 1. The van der Waals surface area contributed by atoms with E-state index in [1.165, 1.54) is 7.11 Å². The van der Waals surface area contributed by atoms with Crippen molar-refractivity contribution in [1.82, 2.24) is 4.57 Å². The molecule has 1 aromatic carbocycles. The van der Waals surface area contributed by atoms with E-state index >= 15 is 0 Å². The molecule has 0 aliphatic heterocycles. The molecule has 0 spiro atoms. The van der Waals surface area contributed by atoms with Crippen molar-refractivity contribution in [3.63, 3.8) is 0 Å². The number of esters is 1. The first-order valence-electron chi connectivity index (χ1n) is 5.02. The topological polar surface area (TPSA) is 48.3 Å². The molecule has 0 N–H and O–H groups in total. The Labute approximate surface area is 113 Å². The molecular weight excluding hydrogens is 270 g/mol. The molecule has 0 aliphatic rings. The highest BCUT2D eigenvalue weighted by molar-refractivity contribution is 8.31. The van der Waals surface area contributed by atoms with Gasteiger partial charge < -0.3 is 9.30 Å². The molecule has 0 unspecified atom stereocenters. The zero-order valence-electron chi connectivity index (χ0n) is 9.45. The van der Waals surface area contributed by atoms with Gasteiger partial charge in [-0.3, -0.25) is 4.79 Å². The maximum atomic E-state index is 11.7. The number of fused-ring (bicyclic) bond motifs is 1. The summed E-state index contributed by atoms with van der Waals surface area (Å²) >= 11 is 6.02. The summed E-state index contributed by atoms with van der Waals surface area (Å²) in [6, 6.07) is 7.31. The van der Waals surface area contributed by atoms with Crippen molar-refractivity contribution in [2.75, 3.05) is 7.11 Å². The molecule has 6 heteroatoms. The second-order valence-corrected chi connectivity index (χ2v) is 4.86. The van der Waals surface area contributed by atoms with Crippen LogP contribution in [0.3, 0.4) is 0 Å². The first kappa shape index (κ1) is 12.8. The standard InChI is InChI=1S/C12H9NO3S2/c1-16-11(15)9-6-13(12(17)18-7-14)10-5-3-2-4-8(9)10/h2-7H,1H3. The van der Waals surface area contributed by atoms with Gasteiger partial charge in [-0.15, -0.1) is 0 Å². The van der Waals surface area contributed by atoms with E-state index < -0.39 is 5.97 Å². The third-order valence-electron chi connectivity index (χ3n) is 2.46. The highest BCUT2D eigenvalue weighted by Crippen LogP contribution is 2.23. The zero-order valence-corrected chi connectivity index (χ0v) is 11.1. The Morgan fingerprint density at radius 2 is 2.17 bits per heavy atom. The number of ether oxygens (including phenoxy) is 1. The van der Waals surface area contributed by atoms with Crippen molar-refractivity contribution < 1.29 is 14.3 Å². The van der Waals surface area contributed by atoms with Crippen molar-refractivity contribution in [3.05, 3.63) is 36.0 Å². The van der Waals surface area contributed by atoms with E-state index in [9.17, 15) is 9.59 Å². The minimum Gasteiger partial charge on any atom is -0.465 e. The average molecular weight is 279 g/mol. The summed E-state index contributed by atoms with van der Waals surface area (Å²) in [5.74, 6) is -0.427. The fourth-order valence-electron chi connectivity index (χ4n) is 1.70. The van der Waals surface area contributed by atoms with E-state index in [2.05, 4.69) is 0 Å². The molecule has 0 saturated carbocycles. The van der Waals surface area contributed by atoms with Crippen LogP contribution < -0.4 is 0 Å². The smallest absolute Gasteiger partial charge is 0.340 e. The lowest BCUT2D eigenvalue weighted by Crippen LogP contribution is -2.04. The Hall–Kier alpha value is -1.66. The van der Waals surface area contributed by atoms with Crippen LogP contribution in [0.1, 0.15) is 10.4 Å². The molecule has 0 amide bonds. The molecular formula is C12H9NO3S2. The van der Waals surface area contributed by atoms with Crippen molar-refractivity contribution in [2.45, 2.75) is 0 Å². The number of hydrogen-bond donors (Lipinski definition) is 0. The van der Waals surface area contributed by atoms with E-state index in [0.717, 1.165) is 22.7 Å². The van der Waals surface area contributed by atoms with E-state index in [4.69, 9.17) is 17.0 Å². The van der Waals surface area contributed by atoms with Crippen LogP contribution in [0.2, 0.25) is 0 Å². The summed E-state index contributed by atoms with van der Waals surface area (Å²) < 4.78 is 6.73. The quantitative estimate of drug-likeness (QED) is 0.480. The van der Waals surface area contributed by atoms with Gasteiger partial charge in [0.1, 0.15) is 0 Å². The molecule has 0 aliphatic carbocycles. The van der Waals surface area contributed by atoms with Gasteiger partial charge in [0, 0.05) is 11.6 Å². The zero-order chi connectivity index (χ0) is 13.1. The van der Waals surface area contributed by atoms with Gasteiger partial charge in [-0.05, 0) is 17.8 Å². The minimum atomic E-state index is -0.427. The van der Waals surface area contributed by atoms with E-state index in [0.29, 0.717) is 15.5 Å². The van der Waals surface area contributed by atoms with Crippen LogP contribution in [0.4, 0.5) is 0 Å². The van der Waals surface area contributed by atoms with Crippen molar-refractivity contribution in [1.29, 1.82) is 0 Å². The van der Waals surface area contributed by atoms with Crippen LogP contribution in [0.15, 0.2) is 30.5 Å². The third-order valence-corrected chi connectivity index (χ3v) is 3.44. The highest BCUT2D eigenvalue weighted by atomic mass is 32.2. The monoisotopic (exact) mass is 279 g/mol. The summed E-state index contributed by atoms with van der Waals surface area (Å²) in [4.78, 5) is 22.2. The number of nitrogens with zero attached hydrogens (tertiary/aromatic N) is 1. The summed E-state index contributed by atoms with van der Waals surface area (Å²) in [7, 11) is 1.33. The molecule has 1 aromatic heterocycles. The van der Waals surface area contributed by atoms with Gasteiger partial charge in [0.2, 0.25) is 0 Å². The van der Waals surface area contributed by atoms with E-state index in [1.54, 1.807) is 10.8 Å². The maximum absolute atomic E-state index is 11.7. The Kier molecular flexibility index (Phi) is 3.78. The molecule has 92 valence electrons. The number of benzene rings is 1. The first-order valence-corrected chi connectivity index (χ1v) is 6.31. The average Bonchev–Trinajstić information content (AvgIpc) is 2.78. The maximum Gasteiger partial charge on any atom is 0.340 e. The lowest BCUT2D eigenvalue weighted by molar-refractivity contribution is 0.0603. The minimum absolute atomic E-state index is 0.372. The highest BCUT2D eigenvalue weighted by Gasteiger charge is 2.16. The largest absolute Gasteiger partial charge is 0.465 e. The van der Waals surface area contributed by atoms with Crippen LogP contribution in [0.5, 0.6) is 0 Å². The normalized spacial score (nSPS) is 10.3. The van der Waals surface area contributed by atoms with Crippen LogP contribution in [0.25, 0.3) is 10.9 Å². The fourth-order valence-corrected chi connectivity index (χ4v) is 2.32. The summed E-state index contributed by atoms with van der Waals surface area (Å²) in [6.07, 6.45) is 1.59. The van der Waals surface area contributed by atoms with Crippen molar-refractivity contribution >= 4 is 50.8 Å². The molecule has 2 aromatic rings. The summed E-state index contributed by atoms with van der Waals surface area (Å²) in [5, 5.41) is 0.748. The third kappa shape index (κ3) is 2.16. The number of carbonyl (C=O) groups is 2. The Balaban J connectivity index is 2.64. The molecule has 18 heavy (non-hydrogen) atoms. The molecule has 0 bridgehead atoms. The predicted molar refractivity (Wildman–Crippen MR) is 75.6 cm³/mol. The lowest BCUT2D eigenvalue weighted by atomic mass is 10.2. The second kappa shape index (κ2) is 5.32. The van der Waals surface area contributed by atoms with Gasteiger partial charge in [0.15, 0.2) is 9.94 Å². The Bertz CT molecular complexity index is 633. The lowest BCUT2D eigenvalue weighted by Gasteiger charge is -2.01. The van der Waals surface area contributed by atoms with Gasteiger partial charge in [-0.2, -0.15) is 0 Å². The molecule has 1 heterocycles. The van der Waals surface area contributed by atoms with Gasteiger partial charge >= 0.3 is 5.97 Å². The Morgan fingerprint density at radius 1 is 1.44 bits per heavy atom. The number of hydrogen-bond acceptors (Lipinski definition) is 5. The van der Waals surface area contributed by atoms with Gasteiger partial charge in [0.25, 0.3) is 0 Å². The first-order chi connectivity index (χ1) is 8.69. The summed E-state index contributed by atoms with van der Waals surface area (Å²) in [6.45, 7) is 0. The summed E-state index contributed by atoms with van der Waals surface area (Å²) in [5.41, 5.74) is 1.87. The van der Waals surface area contributed by atoms with Crippen molar-refractivity contribution in [3.8, 4) is 0 Å². The number of thioether (sulfide) groups is 1. The van der Waals surface area contributed by atoms with Gasteiger partial charge in [-0.25, -0.2) is 4.79 Å². The van der Waals surface area contributed by atoms with Crippen LogP contribution in [0, 0.1) is 0 Å². The number of methoxy groups -OCH3 is 1. The number of aromatic nitrogens is 1. The Morgan fingerprint density at radius 3 is 2.83 bits per heavy atom. The molecule has 2 rings (SSSR count). The van der Waals surface area contributed by atoms with E-state index in [1.807, 2.05) is 24.3 Å². The molecule has 0 atom stereocenters. The van der Waals surface area contributed by atoms with Gasteiger partial charge in [-0.1, -0.05) is 30.4 Å². The number of rotatable bonds is 2.